The molecule has 22 heavy (non-hydrogen) atoms. The van der Waals surface area contributed by atoms with Crippen LogP contribution < -0.4 is 5.32 Å². The fraction of sp³-hybridized carbons (Fsp3) is 0.636. The highest BCUT2D eigenvalue weighted by Gasteiger charge is 2.38. The lowest BCUT2D eigenvalue weighted by molar-refractivity contribution is -0.192. The second kappa shape index (κ2) is 8.20. The molecule has 1 atom stereocenters. The highest BCUT2D eigenvalue weighted by atomic mass is 19.4. The Balaban J connectivity index is 0.000000534. The smallest absolute Gasteiger partial charge is 0.480 e. The van der Waals surface area contributed by atoms with Gasteiger partial charge in [0.2, 0.25) is 11.8 Å². The number of carboxylic acids is 2. The van der Waals surface area contributed by atoms with Crippen molar-refractivity contribution < 1.29 is 42.6 Å². The van der Waals surface area contributed by atoms with Gasteiger partial charge in [-0.3, -0.25) is 14.4 Å². The van der Waals surface area contributed by atoms with Crippen LogP contribution in [0.4, 0.5) is 13.2 Å². The topological polar surface area (TPSA) is 124 Å². The molecule has 8 nitrogen and oxygen atoms in total. The molecule has 0 aromatic rings. The number of nitrogens with one attached hydrogen (secondary N) is 1. The molecule has 1 saturated heterocycles. The van der Waals surface area contributed by atoms with Crippen LogP contribution in [0, 0.1) is 5.92 Å². The van der Waals surface area contributed by atoms with Crippen LogP contribution in [0.25, 0.3) is 0 Å². The largest absolute Gasteiger partial charge is 0.490 e. The Labute approximate surface area is 122 Å². The molecule has 1 fully saturated rings. The Bertz CT molecular complexity index is 452. The van der Waals surface area contributed by atoms with Gasteiger partial charge in [-0.05, 0) is 6.42 Å². The Kier molecular flexibility index (Phi) is 7.33. The summed E-state index contributed by atoms with van der Waals surface area (Å²) in [6, 6.07) is 0. The Hall–Kier alpha value is -2.33. The molecule has 0 bridgehead atoms. The van der Waals surface area contributed by atoms with Crippen LogP contribution >= 0.6 is 0 Å². The zero-order valence-electron chi connectivity index (χ0n) is 11.5. The number of hydrogen-bond donors (Lipinski definition) is 3. The van der Waals surface area contributed by atoms with Gasteiger partial charge in [0.1, 0.15) is 6.54 Å². The summed E-state index contributed by atoms with van der Waals surface area (Å²) >= 11 is 0. The highest BCUT2D eigenvalue weighted by Crippen LogP contribution is 2.15. The van der Waals surface area contributed by atoms with Crippen LogP contribution in [0.5, 0.6) is 0 Å². The van der Waals surface area contributed by atoms with Crippen molar-refractivity contribution >= 4 is 23.8 Å². The number of amides is 2. The maximum Gasteiger partial charge on any atom is 0.490 e. The molecule has 1 unspecified atom stereocenters. The van der Waals surface area contributed by atoms with Crippen molar-refractivity contribution in [2.45, 2.75) is 19.0 Å². The zero-order valence-corrected chi connectivity index (χ0v) is 11.5. The predicted octanol–water partition coefficient (Wildman–Crippen LogP) is -0.311. The molecule has 1 aliphatic rings. The number of carbonyl (C=O) groups is 4. The van der Waals surface area contributed by atoms with E-state index < -0.39 is 18.1 Å². The van der Waals surface area contributed by atoms with Gasteiger partial charge >= 0.3 is 18.1 Å². The lowest BCUT2D eigenvalue weighted by Crippen LogP contribution is -2.43. The summed E-state index contributed by atoms with van der Waals surface area (Å²) in [5.74, 6) is -4.60. The summed E-state index contributed by atoms with van der Waals surface area (Å²) in [6.45, 7) is 0.160. The molecule has 0 aliphatic carbocycles. The number of piperidine rings is 1. The van der Waals surface area contributed by atoms with Gasteiger partial charge in [0.25, 0.3) is 0 Å². The van der Waals surface area contributed by atoms with E-state index in [0.717, 1.165) is 4.90 Å². The third kappa shape index (κ3) is 7.45. The molecule has 0 radical (unpaired) electrons. The number of rotatable bonds is 3. The molecule has 0 spiro atoms. The zero-order chi connectivity index (χ0) is 17.5. The molecule has 3 N–H and O–H groups in total. The van der Waals surface area contributed by atoms with Crippen LogP contribution in [0.2, 0.25) is 0 Å². The van der Waals surface area contributed by atoms with Gasteiger partial charge in [0.15, 0.2) is 0 Å². The molecule has 126 valence electrons. The number of carbonyl (C=O) groups excluding carboxylic acids is 2. The summed E-state index contributed by atoms with van der Waals surface area (Å²) in [5, 5.41) is 18.3. The normalized spacial score (nSPS) is 17.6. The van der Waals surface area contributed by atoms with Crippen molar-refractivity contribution in [3.63, 3.8) is 0 Å². The van der Waals surface area contributed by atoms with Crippen LogP contribution in [0.15, 0.2) is 0 Å². The van der Waals surface area contributed by atoms with Crippen molar-refractivity contribution in [1.29, 1.82) is 0 Å². The predicted molar refractivity (Wildman–Crippen MR) is 64.7 cm³/mol. The fourth-order valence-electron chi connectivity index (χ4n) is 1.59. The highest BCUT2D eigenvalue weighted by molar-refractivity contribution is 5.88. The summed E-state index contributed by atoms with van der Waals surface area (Å²) in [6.07, 6.45) is -4.35. The maximum atomic E-state index is 11.7. The van der Waals surface area contributed by atoms with Crippen LogP contribution in [-0.4, -0.2) is 65.2 Å². The molecule has 2 amide bonds. The minimum Gasteiger partial charge on any atom is -0.480 e. The first-order valence-corrected chi connectivity index (χ1v) is 5.98. The number of aliphatic carboxylic acids is 2. The van der Waals surface area contributed by atoms with E-state index >= 15 is 0 Å². The van der Waals surface area contributed by atoms with E-state index in [4.69, 9.17) is 15.0 Å². The number of nitrogens with zero attached hydrogens (tertiary/aromatic N) is 1. The van der Waals surface area contributed by atoms with Crippen LogP contribution in [-0.2, 0) is 19.2 Å². The Morgan fingerprint density at radius 2 is 1.82 bits per heavy atom. The van der Waals surface area contributed by atoms with E-state index in [0.29, 0.717) is 13.0 Å². The van der Waals surface area contributed by atoms with Gasteiger partial charge in [-0.15, -0.1) is 0 Å². The number of alkyl halides is 3. The number of hydrogen-bond acceptors (Lipinski definition) is 4. The first kappa shape index (κ1) is 19.7. The van der Waals surface area contributed by atoms with E-state index in [1.54, 1.807) is 0 Å². The minimum absolute atomic E-state index is 0.150. The average molecular weight is 328 g/mol. The standard InChI is InChI=1S/C9H14N2O4.C2HF3O2/c1-11(5-8(13)14)9(15)6-2-3-10-7(12)4-6;3-2(4,5)1(6)7/h6H,2-5H2,1H3,(H,10,12)(H,13,14);(H,6,7). The fourth-order valence-corrected chi connectivity index (χ4v) is 1.59. The minimum atomic E-state index is -5.08. The quantitative estimate of drug-likeness (QED) is 0.653. The van der Waals surface area contributed by atoms with E-state index in [2.05, 4.69) is 5.32 Å². The van der Waals surface area contributed by atoms with Crippen molar-refractivity contribution in [3.05, 3.63) is 0 Å². The van der Waals surface area contributed by atoms with Crippen molar-refractivity contribution in [2.24, 2.45) is 5.92 Å². The summed E-state index contributed by atoms with van der Waals surface area (Å²) in [4.78, 5) is 43.1. The number of halogens is 3. The van der Waals surface area contributed by atoms with Crippen molar-refractivity contribution in [1.82, 2.24) is 10.2 Å². The third-order valence-electron chi connectivity index (χ3n) is 2.59. The second-order valence-electron chi connectivity index (χ2n) is 4.43. The van der Waals surface area contributed by atoms with E-state index in [-0.39, 0.29) is 30.7 Å². The first-order chi connectivity index (χ1) is 9.95. The SMILES string of the molecule is CN(CC(=O)O)C(=O)C1CCNC(=O)C1.O=C(O)C(F)(F)F. The van der Waals surface area contributed by atoms with Crippen molar-refractivity contribution in [3.8, 4) is 0 Å². The Morgan fingerprint density at radius 3 is 2.18 bits per heavy atom. The lowest BCUT2D eigenvalue weighted by Gasteiger charge is -2.25. The van der Waals surface area contributed by atoms with Gasteiger partial charge in [-0.1, -0.05) is 0 Å². The molecule has 0 aromatic heterocycles. The molecule has 1 rings (SSSR count). The number of likely N-dealkylation sites (N-methyl/N-ethyl adjacent to an activating group) is 1. The summed E-state index contributed by atoms with van der Waals surface area (Å²) in [7, 11) is 1.43. The maximum absolute atomic E-state index is 11.7. The van der Waals surface area contributed by atoms with Crippen molar-refractivity contribution in [2.75, 3.05) is 20.1 Å². The first-order valence-electron chi connectivity index (χ1n) is 5.98. The van der Waals surface area contributed by atoms with E-state index in [1.807, 2.05) is 0 Å². The monoisotopic (exact) mass is 328 g/mol. The van der Waals surface area contributed by atoms with Crippen LogP contribution in [0.3, 0.4) is 0 Å². The van der Waals surface area contributed by atoms with Gasteiger partial charge in [0, 0.05) is 25.9 Å². The number of carboxylic acid groups (broad SMARTS) is 2. The second-order valence-corrected chi connectivity index (χ2v) is 4.43. The van der Waals surface area contributed by atoms with E-state index in [1.165, 1.54) is 7.05 Å². The molecular formula is C11H15F3N2O6. The molecule has 11 heteroatoms. The summed E-state index contributed by atoms with van der Waals surface area (Å²) < 4.78 is 31.7. The Morgan fingerprint density at radius 1 is 1.32 bits per heavy atom. The molecule has 0 aromatic carbocycles. The summed E-state index contributed by atoms with van der Waals surface area (Å²) in [5.41, 5.74) is 0. The van der Waals surface area contributed by atoms with Gasteiger partial charge in [-0.25, -0.2) is 4.79 Å². The third-order valence-corrected chi connectivity index (χ3v) is 2.59. The van der Waals surface area contributed by atoms with E-state index in [9.17, 15) is 27.6 Å². The molecule has 1 heterocycles. The van der Waals surface area contributed by atoms with Gasteiger partial charge in [0.05, 0.1) is 0 Å². The van der Waals surface area contributed by atoms with Crippen LogP contribution in [0.1, 0.15) is 12.8 Å². The van der Waals surface area contributed by atoms with Gasteiger partial charge in [-0.2, -0.15) is 13.2 Å². The average Bonchev–Trinajstić information content (AvgIpc) is 2.36. The lowest BCUT2D eigenvalue weighted by atomic mass is 9.96. The molecule has 0 saturated carbocycles. The molecule has 1 aliphatic heterocycles. The molecular weight excluding hydrogens is 313 g/mol. The van der Waals surface area contributed by atoms with Gasteiger partial charge < -0.3 is 20.4 Å².